The van der Waals surface area contributed by atoms with Gasteiger partial charge in [0.25, 0.3) is 0 Å². The number of carbonyl (C=O) groups is 1. The molecule has 5 heteroatoms. The monoisotopic (exact) mass is 393 g/mol. The van der Waals surface area contributed by atoms with E-state index in [0.29, 0.717) is 25.5 Å². The van der Waals surface area contributed by atoms with Crippen LogP contribution in [0.4, 0.5) is 0 Å². The summed E-state index contributed by atoms with van der Waals surface area (Å²) < 4.78 is 6.62. The van der Waals surface area contributed by atoms with Crippen LogP contribution in [-0.4, -0.2) is 24.8 Å². The summed E-state index contributed by atoms with van der Waals surface area (Å²) in [7, 11) is 0. The van der Waals surface area contributed by atoms with E-state index in [1.54, 1.807) is 0 Å². The van der Waals surface area contributed by atoms with Crippen LogP contribution in [-0.2, 0) is 16.1 Å². The van der Waals surface area contributed by atoms with E-state index < -0.39 is 0 Å². The zero-order valence-corrected chi connectivity index (χ0v) is 15.2. The van der Waals surface area contributed by atoms with Crippen LogP contribution in [0.5, 0.6) is 0 Å². The van der Waals surface area contributed by atoms with Crippen LogP contribution in [0.3, 0.4) is 0 Å². The zero-order valence-electron chi connectivity index (χ0n) is 12.8. The Bertz CT molecular complexity index is 590. The van der Waals surface area contributed by atoms with Crippen LogP contribution in [0.1, 0.15) is 12.0 Å². The molecule has 0 unspecified atom stereocenters. The van der Waals surface area contributed by atoms with Crippen molar-refractivity contribution in [1.29, 1.82) is 0 Å². The summed E-state index contributed by atoms with van der Waals surface area (Å²) in [6.07, 6.45) is 0.821. The Hall–Kier alpha value is -1.30. The van der Waals surface area contributed by atoms with Crippen LogP contribution in [0, 0.1) is 0 Å². The number of thioether (sulfide) groups is 1. The maximum atomic E-state index is 11.8. The molecule has 0 bridgehead atoms. The molecule has 0 aliphatic carbocycles. The van der Waals surface area contributed by atoms with Gasteiger partial charge in [-0.05, 0) is 36.2 Å². The summed E-state index contributed by atoms with van der Waals surface area (Å²) in [5, 5.41) is 2.91. The lowest BCUT2D eigenvalue weighted by Crippen LogP contribution is -2.26. The summed E-state index contributed by atoms with van der Waals surface area (Å²) in [5.74, 6) is 0.493. The van der Waals surface area contributed by atoms with Crippen LogP contribution in [0.25, 0.3) is 0 Å². The predicted molar refractivity (Wildman–Crippen MR) is 98.6 cm³/mol. The van der Waals surface area contributed by atoms with E-state index in [1.807, 2.05) is 54.6 Å². The minimum Gasteiger partial charge on any atom is -0.377 e. The quantitative estimate of drug-likeness (QED) is 0.510. The lowest BCUT2D eigenvalue weighted by molar-refractivity contribution is -0.118. The van der Waals surface area contributed by atoms with Gasteiger partial charge in [0.1, 0.15) is 0 Å². The molecule has 0 aromatic heterocycles. The van der Waals surface area contributed by atoms with Gasteiger partial charge in [0, 0.05) is 22.5 Å². The molecule has 0 saturated carbocycles. The molecule has 1 N–H and O–H groups in total. The van der Waals surface area contributed by atoms with E-state index in [0.717, 1.165) is 15.8 Å². The van der Waals surface area contributed by atoms with Crippen molar-refractivity contribution in [2.45, 2.75) is 17.9 Å². The molecule has 0 fully saturated rings. The van der Waals surface area contributed by atoms with Crippen molar-refractivity contribution in [3.8, 4) is 0 Å². The Morgan fingerprint density at radius 3 is 2.57 bits per heavy atom. The first kappa shape index (κ1) is 18.0. The van der Waals surface area contributed by atoms with Crippen LogP contribution in [0.2, 0.25) is 0 Å². The summed E-state index contributed by atoms with van der Waals surface area (Å²) in [4.78, 5) is 12.8. The number of halogens is 1. The van der Waals surface area contributed by atoms with Gasteiger partial charge in [0.2, 0.25) is 5.91 Å². The number of carbonyl (C=O) groups excluding carboxylic acids is 1. The Kier molecular flexibility index (Phi) is 8.21. The number of hydrogen-bond acceptors (Lipinski definition) is 3. The fourth-order valence-electron chi connectivity index (χ4n) is 1.90. The van der Waals surface area contributed by atoms with Gasteiger partial charge >= 0.3 is 0 Å². The first-order valence-electron chi connectivity index (χ1n) is 7.51. The lowest BCUT2D eigenvalue weighted by atomic mass is 10.2. The van der Waals surface area contributed by atoms with Crippen LogP contribution in [0.15, 0.2) is 64.0 Å². The molecule has 2 aromatic rings. The molecule has 2 aromatic carbocycles. The SMILES string of the molecule is O=C(CSc1ccc(Br)cc1)NCCCOCc1ccccc1. The van der Waals surface area contributed by atoms with E-state index in [4.69, 9.17) is 4.74 Å². The average molecular weight is 394 g/mol. The fourth-order valence-corrected chi connectivity index (χ4v) is 2.89. The first-order chi connectivity index (χ1) is 11.2. The molecule has 0 atom stereocenters. The molecule has 2 rings (SSSR count). The van der Waals surface area contributed by atoms with Crippen molar-refractivity contribution < 1.29 is 9.53 Å². The number of ether oxygens (including phenoxy) is 1. The van der Waals surface area contributed by atoms with E-state index in [-0.39, 0.29) is 5.91 Å². The van der Waals surface area contributed by atoms with Crippen LogP contribution < -0.4 is 5.32 Å². The van der Waals surface area contributed by atoms with E-state index >= 15 is 0 Å². The van der Waals surface area contributed by atoms with Crippen molar-refractivity contribution in [2.24, 2.45) is 0 Å². The summed E-state index contributed by atoms with van der Waals surface area (Å²) in [6, 6.07) is 18.0. The smallest absolute Gasteiger partial charge is 0.230 e. The largest absolute Gasteiger partial charge is 0.377 e. The van der Waals surface area contributed by atoms with Gasteiger partial charge in [-0.15, -0.1) is 11.8 Å². The van der Waals surface area contributed by atoms with E-state index in [9.17, 15) is 4.79 Å². The minimum absolute atomic E-state index is 0.0565. The standard InChI is InChI=1S/C18H20BrNO2S/c19-16-7-9-17(10-8-16)23-14-18(21)20-11-4-12-22-13-15-5-2-1-3-6-15/h1-3,5-10H,4,11-14H2,(H,20,21). The first-order valence-corrected chi connectivity index (χ1v) is 9.28. The third-order valence-corrected chi connectivity index (χ3v) is 4.62. The number of hydrogen-bond donors (Lipinski definition) is 1. The molecule has 3 nitrogen and oxygen atoms in total. The van der Waals surface area contributed by atoms with Gasteiger partial charge in [0.15, 0.2) is 0 Å². The predicted octanol–water partition coefficient (Wildman–Crippen LogP) is 4.26. The molecule has 0 spiro atoms. The molecule has 0 aliphatic heterocycles. The number of nitrogens with one attached hydrogen (secondary N) is 1. The van der Waals surface area contributed by atoms with Crippen molar-refractivity contribution in [2.75, 3.05) is 18.9 Å². The van der Waals surface area contributed by atoms with E-state index in [1.165, 1.54) is 17.3 Å². The van der Waals surface area contributed by atoms with Gasteiger partial charge < -0.3 is 10.1 Å². The van der Waals surface area contributed by atoms with Crippen molar-refractivity contribution >= 4 is 33.6 Å². The fraction of sp³-hybridized carbons (Fsp3) is 0.278. The number of benzene rings is 2. The second-order valence-corrected chi connectivity index (χ2v) is 6.95. The molecule has 1 amide bonds. The molecule has 23 heavy (non-hydrogen) atoms. The molecule has 122 valence electrons. The van der Waals surface area contributed by atoms with Gasteiger partial charge in [-0.1, -0.05) is 46.3 Å². The number of amides is 1. The summed E-state index contributed by atoms with van der Waals surface area (Å²) in [5.41, 5.74) is 1.17. The Balaban J connectivity index is 1.50. The van der Waals surface area contributed by atoms with E-state index in [2.05, 4.69) is 21.2 Å². The maximum absolute atomic E-state index is 11.8. The minimum atomic E-state index is 0.0565. The molecule has 0 aliphatic rings. The molecule has 0 heterocycles. The molecule has 0 saturated heterocycles. The van der Waals surface area contributed by atoms with Gasteiger partial charge in [-0.2, -0.15) is 0 Å². The lowest BCUT2D eigenvalue weighted by Gasteiger charge is -2.06. The highest BCUT2D eigenvalue weighted by atomic mass is 79.9. The highest BCUT2D eigenvalue weighted by Gasteiger charge is 2.02. The van der Waals surface area contributed by atoms with Crippen molar-refractivity contribution in [3.63, 3.8) is 0 Å². The topological polar surface area (TPSA) is 38.3 Å². The normalized spacial score (nSPS) is 10.5. The maximum Gasteiger partial charge on any atom is 0.230 e. The molecular weight excluding hydrogens is 374 g/mol. The Morgan fingerprint density at radius 1 is 1.09 bits per heavy atom. The zero-order chi connectivity index (χ0) is 16.3. The van der Waals surface area contributed by atoms with Crippen molar-refractivity contribution in [1.82, 2.24) is 5.32 Å². The van der Waals surface area contributed by atoms with Crippen LogP contribution >= 0.6 is 27.7 Å². The third-order valence-electron chi connectivity index (χ3n) is 3.08. The average Bonchev–Trinajstić information content (AvgIpc) is 2.58. The van der Waals surface area contributed by atoms with Gasteiger partial charge in [-0.25, -0.2) is 0 Å². The highest BCUT2D eigenvalue weighted by Crippen LogP contribution is 2.20. The highest BCUT2D eigenvalue weighted by molar-refractivity contribution is 9.10. The second-order valence-electron chi connectivity index (χ2n) is 4.98. The second kappa shape index (κ2) is 10.5. The summed E-state index contributed by atoms with van der Waals surface area (Å²) >= 11 is 4.93. The molecular formula is C18H20BrNO2S. The van der Waals surface area contributed by atoms with Crippen molar-refractivity contribution in [3.05, 3.63) is 64.6 Å². The van der Waals surface area contributed by atoms with Gasteiger partial charge in [0.05, 0.1) is 12.4 Å². The Morgan fingerprint density at radius 2 is 1.83 bits per heavy atom. The Labute approximate surface area is 149 Å². The third kappa shape index (κ3) is 7.68. The number of rotatable bonds is 9. The summed E-state index contributed by atoms with van der Waals surface area (Å²) in [6.45, 7) is 1.91. The molecule has 0 radical (unpaired) electrons. The van der Waals surface area contributed by atoms with Gasteiger partial charge in [-0.3, -0.25) is 4.79 Å².